The summed E-state index contributed by atoms with van der Waals surface area (Å²) >= 11 is 1.15. The molecule has 1 amide bonds. The Kier molecular flexibility index (Phi) is 4.47. The first-order valence-corrected chi connectivity index (χ1v) is 9.97. The lowest BCUT2D eigenvalue weighted by atomic mass is 10.1. The van der Waals surface area contributed by atoms with Gasteiger partial charge in [0.1, 0.15) is 0 Å². The lowest BCUT2D eigenvalue weighted by molar-refractivity contribution is -0.118. The summed E-state index contributed by atoms with van der Waals surface area (Å²) in [5, 5.41) is 0.168. The van der Waals surface area contributed by atoms with Crippen LogP contribution >= 0.6 is 11.8 Å². The van der Waals surface area contributed by atoms with Crippen molar-refractivity contribution in [3.05, 3.63) is 60.2 Å². The van der Waals surface area contributed by atoms with Gasteiger partial charge in [0.2, 0.25) is 5.91 Å². The van der Waals surface area contributed by atoms with Gasteiger partial charge in [0.25, 0.3) is 10.0 Å². The monoisotopic (exact) mass is 374 g/mol. The van der Waals surface area contributed by atoms with Crippen molar-refractivity contribution < 1.29 is 13.2 Å². The third-order valence-corrected chi connectivity index (χ3v) is 6.33. The van der Waals surface area contributed by atoms with Gasteiger partial charge in [-0.2, -0.15) is 8.42 Å². The molecular weight excluding hydrogens is 356 g/mol. The molecule has 7 heteroatoms. The Hall–Kier alpha value is -2.12. The summed E-state index contributed by atoms with van der Waals surface area (Å²) < 4.78 is 28.5. The molecule has 0 radical (unpaired) electrons. The number of benzene rings is 2. The van der Waals surface area contributed by atoms with E-state index in [1.165, 1.54) is 17.0 Å². The van der Waals surface area contributed by atoms with E-state index in [1.807, 2.05) is 13.0 Å². The van der Waals surface area contributed by atoms with E-state index < -0.39 is 14.8 Å². The standard InChI is InChI=1S/C18H18N2O3S2/c1-13-9-11-15(12-10-13)25(22,23)19-17-20(14-7-5-4-6-8-14)16(21)18(2,3)24-17/h4-12H,1-3H3/b19-17+. The predicted octanol–water partition coefficient (Wildman–Crippen LogP) is 3.60. The zero-order chi connectivity index (χ0) is 18.2. The van der Waals surface area contributed by atoms with Crippen molar-refractivity contribution in [2.75, 3.05) is 4.90 Å². The van der Waals surface area contributed by atoms with E-state index in [0.29, 0.717) is 5.69 Å². The van der Waals surface area contributed by atoms with Crippen molar-refractivity contribution in [1.29, 1.82) is 0 Å². The number of carbonyl (C=O) groups is 1. The quantitative estimate of drug-likeness (QED) is 0.823. The SMILES string of the molecule is Cc1ccc(S(=O)(=O)/N=C2/SC(C)(C)C(=O)N2c2ccccc2)cc1. The van der Waals surface area contributed by atoms with Gasteiger partial charge in [-0.15, -0.1) is 4.40 Å². The molecule has 0 saturated carbocycles. The number of nitrogens with zero attached hydrogens (tertiary/aromatic N) is 2. The van der Waals surface area contributed by atoms with Crippen molar-refractivity contribution in [1.82, 2.24) is 0 Å². The number of amides is 1. The molecule has 0 aromatic heterocycles. The number of thioether (sulfide) groups is 1. The summed E-state index contributed by atoms with van der Waals surface area (Å²) in [5.74, 6) is -0.193. The fraction of sp³-hybridized carbons (Fsp3) is 0.222. The van der Waals surface area contributed by atoms with Gasteiger partial charge in [-0.3, -0.25) is 9.69 Å². The summed E-state index contributed by atoms with van der Waals surface area (Å²) in [6, 6.07) is 15.4. The molecule has 1 heterocycles. The van der Waals surface area contributed by atoms with Gasteiger partial charge < -0.3 is 0 Å². The van der Waals surface area contributed by atoms with E-state index in [2.05, 4.69) is 4.40 Å². The van der Waals surface area contributed by atoms with Crippen LogP contribution in [0.15, 0.2) is 63.9 Å². The van der Waals surface area contributed by atoms with Gasteiger partial charge in [-0.1, -0.05) is 47.7 Å². The number of anilines is 1. The molecule has 0 unspecified atom stereocenters. The second-order valence-corrected chi connectivity index (χ2v) is 9.44. The molecule has 1 aliphatic heterocycles. The average Bonchev–Trinajstić information content (AvgIpc) is 2.77. The molecule has 3 rings (SSSR count). The van der Waals surface area contributed by atoms with Crippen LogP contribution in [0.5, 0.6) is 0 Å². The van der Waals surface area contributed by atoms with E-state index >= 15 is 0 Å². The first-order chi connectivity index (χ1) is 11.7. The number of carbonyl (C=O) groups excluding carboxylic acids is 1. The number of aryl methyl sites for hydroxylation is 1. The van der Waals surface area contributed by atoms with Gasteiger partial charge in [-0.25, -0.2) is 0 Å². The second kappa shape index (κ2) is 6.31. The minimum absolute atomic E-state index is 0.108. The summed E-state index contributed by atoms with van der Waals surface area (Å²) in [5.41, 5.74) is 1.56. The normalized spacial score (nSPS) is 18.8. The smallest absolute Gasteiger partial charge is 0.272 e. The number of hydrogen-bond acceptors (Lipinski definition) is 4. The molecule has 1 aliphatic rings. The Labute approximate surface area is 151 Å². The van der Waals surface area contributed by atoms with Crippen LogP contribution in [0.25, 0.3) is 0 Å². The molecule has 130 valence electrons. The first kappa shape index (κ1) is 17.7. The Morgan fingerprint density at radius 3 is 2.20 bits per heavy atom. The van der Waals surface area contributed by atoms with E-state index in [9.17, 15) is 13.2 Å². The molecular formula is C18H18N2O3S2. The summed E-state index contributed by atoms with van der Waals surface area (Å²) in [6.07, 6.45) is 0. The van der Waals surface area contributed by atoms with Crippen LogP contribution in [0.4, 0.5) is 5.69 Å². The fourth-order valence-electron chi connectivity index (χ4n) is 2.40. The Balaban J connectivity index is 2.08. The maximum Gasteiger partial charge on any atom is 0.284 e. The van der Waals surface area contributed by atoms with Crippen LogP contribution in [-0.2, 0) is 14.8 Å². The fourth-order valence-corrected chi connectivity index (χ4v) is 4.63. The maximum atomic E-state index is 12.7. The van der Waals surface area contributed by atoms with Gasteiger partial charge in [0, 0.05) is 0 Å². The molecule has 1 fully saturated rings. The maximum absolute atomic E-state index is 12.7. The third kappa shape index (κ3) is 3.48. The van der Waals surface area contributed by atoms with E-state index in [1.54, 1.807) is 50.2 Å². The molecule has 0 N–H and O–H groups in total. The lowest BCUT2D eigenvalue weighted by Crippen LogP contribution is -2.36. The largest absolute Gasteiger partial charge is 0.284 e. The molecule has 0 spiro atoms. The molecule has 0 bridgehead atoms. The highest BCUT2D eigenvalue weighted by atomic mass is 32.2. The van der Waals surface area contributed by atoms with Crippen LogP contribution in [0.3, 0.4) is 0 Å². The van der Waals surface area contributed by atoms with Crippen molar-refractivity contribution in [2.45, 2.75) is 30.4 Å². The number of para-hydroxylation sites is 1. The molecule has 2 aromatic carbocycles. The lowest BCUT2D eigenvalue weighted by Gasteiger charge is -2.17. The average molecular weight is 374 g/mol. The number of amidine groups is 1. The second-order valence-electron chi connectivity index (χ2n) is 6.25. The van der Waals surface area contributed by atoms with Crippen LogP contribution in [0.1, 0.15) is 19.4 Å². The van der Waals surface area contributed by atoms with Crippen LogP contribution in [0.2, 0.25) is 0 Å². The topological polar surface area (TPSA) is 66.8 Å². The highest BCUT2D eigenvalue weighted by Gasteiger charge is 2.46. The molecule has 5 nitrogen and oxygen atoms in total. The Morgan fingerprint density at radius 1 is 1.00 bits per heavy atom. The Morgan fingerprint density at radius 2 is 1.60 bits per heavy atom. The highest BCUT2D eigenvalue weighted by molar-refractivity contribution is 8.17. The summed E-state index contributed by atoms with van der Waals surface area (Å²) in [6.45, 7) is 5.40. The molecule has 0 aliphatic carbocycles. The zero-order valence-electron chi connectivity index (χ0n) is 14.1. The van der Waals surface area contributed by atoms with E-state index in [0.717, 1.165) is 17.3 Å². The first-order valence-electron chi connectivity index (χ1n) is 7.71. The molecule has 0 atom stereocenters. The highest BCUT2D eigenvalue weighted by Crippen LogP contribution is 2.40. The molecule has 1 saturated heterocycles. The minimum atomic E-state index is -3.90. The Bertz CT molecular complexity index is 934. The number of sulfonamides is 1. The van der Waals surface area contributed by atoms with Crippen LogP contribution < -0.4 is 4.90 Å². The minimum Gasteiger partial charge on any atom is -0.272 e. The summed E-state index contributed by atoms with van der Waals surface area (Å²) in [4.78, 5) is 14.2. The zero-order valence-corrected chi connectivity index (χ0v) is 15.8. The molecule has 2 aromatic rings. The van der Waals surface area contributed by atoms with Crippen LogP contribution in [0, 0.1) is 6.92 Å². The van der Waals surface area contributed by atoms with E-state index in [4.69, 9.17) is 0 Å². The number of rotatable bonds is 3. The van der Waals surface area contributed by atoms with Crippen molar-refractivity contribution in [2.24, 2.45) is 4.40 Å². The van der Waals surface area contributed by atoms with Gasteiger partial charge in [0.05, 0.1) is 15.3 Å². The van der Waals surface area contributed by atoms with Gasteiger partial charge >= 0.3 is 0 Å². The van der Waals surface area contributed by atoms with Gasteiger partial charge in [0.15, 0.2) is 5.17 Å². The predicted molar refractivity (Wildman–Crippen MR) is 101 cm³/mol. The molecule has 25 heavy (non-hydrogen) atoms. The third-order valence-electron chi connectivity index (χ3n) is 3.79. The van der Waals surface area contributed by atoms with Crippen molar-refractivity contribution in [3.63, 3.8) is 0 Å². The van der Waals surface area contributed by atoms with Gasteiger partial charge in [-0.05, 0) is 45.0 Å². The van der Waals surface area contributed by atoms with Crippen molar-refractivity contribution in [3.8, 4) is 0 Å². The summed E-state index contributed by atoms with van der Waals surface area (Å²) in [7, 11) is -3.90. The van der Waals surface area contributed by atoms with E-state index in [-0.39, 0.29) is 16.0 Å². The van der Waals surface area contributed by atoms with Crippen molar-refractivity contribution >= 4 is 38.5 Å². The van der Waals surface area contributed by atoms with Crippen LogP contribution in [-0.4, -0.2) is 24.2 Å². The number of hydrogen-bond donors (Lipinski definition) is 0.